The van der Waals surface area contributed by atoms with Gasteiger partial charge in [0.15, 0.2) is 0 Å². The fraction of sp³-hybridized carbons (Fsp3) is 0.500. The Morgan fingerprint density at radius 3 is 2.10 bits per heavy atom. The summed E-state index contributed by atoms with van der Waals surface area (Å²) in [6, 6.07) is 2.28. The van der Waals surface area contributed by atoms with Crippen molar-refractivity contribution in [3.05, 3.63) is 36.2 Å². The Kier molecular flexibility index (Phi) is 4.39. The highest BCUT2D eigenvalue weighted by molar-refractivity contribution is 6.74. The molecule has 0 saturated heterocycles. The van der Waals surface area contributed by atoms with Crippen molar-refractivity contribution in [2.24, 2.45) is 0 Å². The molecular weight excluding hydrogens is 283 g/mol. The van der Waals surface area contributed by atoms with Gasteiger partial charge >= 0.3 is 6.18 Å². The van der Waals surface area contributed by atoms with E-state index in [1.807, 2.05) is 13.1 Å². The molecule has 1 aromatic rings. The minimum atomic E-state index is -4.38. The van der Waals surface area contributed by atoms with Gasteiger partial charge in [-0.25, -0.2) is 0 Å². The van der Waals surface area contributed by atoms with Gasteiger partial charge in [-0.1, -0.05) is 27.4 Å². The number of hydrogen-bond donors (Lipinski definition) is 0. The van der Waals surface area contributed by atoms with Crippen molar-refractivity contribution < 1.29 is 17.6 Å². The van der Waals surface area contributed by atoms with Crippen molar-refractivity contribution in [3.8, 4) is 0 Å². The van der Waals surface area contributed by atoms with Gasteiger partial charge in [-0.3, -0.25) is 4.98 Å². The standard InChI is InChI=1S/C14H20F3NOSi/c1-10(19-20(5,6)13(2,3)4)12-8-7-11(9-18-12)14(15,16)17/h7-9H,1H2,2-6H3. The molecule has 1 rings (SSSR count). The summed E-state index contributed by atoms with van der Waals surface area (Å²) in [6.45, 7) is 14.1. The summed E-state index contributed by atoms with van der Waals surface area (Å²) in [6.07, 6.45) is -3.58. The largest absolute Gasteiger partial charge is 0.542 e. The molecule has 0 bridgehead atoms. The van der Waals surface area contributed by atoms with Crippen molar-refractivity contribution in [1.29, 1.82) is 0 Å². The van der Waals surface area contributed by atoms with Crippen LogP contribution in [0.15, 0.2) is 24.9 Å². The zero-order valence-corrected chi connectivity index (χ0v) is 13.4. The quantitative estimate of drug-likeness (QED) is 0.573. The number of halogens is 3. The Morgan fingerprint density at radius 1 is 1.20 bits per heavy atom. The first-order valence-corrected chi connectivity index (χ1v) is 9.17. The van der Waals surface area contributed by atoms with E-state index in [4.69, 9.17) is 4.43 Å². The Labute approximate surface area is 118 Å². The van der Waals surface area contributed by atoms with Gasteiger partial charge in [0, 0.05) is 6.20 Å². The minimum Gasteiger partial charge on any atom is -0.542 e. The Bertz CT molecular complexity index is 487. The summed E-state index contributed by atoms with van der Waals surface area (Å²) in [5.74, 6) is 0.324. The van der Waals surface area contributed by atoms with Crippen LogP contribution in [-0.2, 0) is 10.6 Å². The summed E-state index contributed by atoms with van der Waals surface area (Å²) in [5.41, 5.74) is -0.441. The molecule has 0 radical (unpaired) electrons. The average Bonchev–Trinajstić information content (AvgIpc) is 2.26. The summed E-state index contributed by atoms with van der Waals surface area (Å²) in [5, 5.41) is -0.0121. The van der Waals surface area contributed by atoms with Gasteiger partial charge in [-0.05, 0) is 30.3 Å². The van der Waals surface area contributed by atoms with E-state index in [2.05, 4.69) is 32.3 Å². The van der Waals surface area contributed by atoms with Crippen LogP contribution in [0.2, 0.25) is 18.1 Å². The van der Waals surface area contributed by atoms with Crippen LogP contribution in [0.5, 0.6) is 0 Å². The lowest BCUT2D eigenvalue weighted by atomic mass is 10.2. The van der Waals surface area contributed by atoms with Gasteiger partial charge in [0.2, 0.25) is 0 Å². The third-order valence-electron chi connectivity index (χ3n) is 3.56. The van der Waals surface area contributed by atoms with E-state index in [0.717, 1.165) is 12.3 Å². The van der Waals surface area contributed by atoms with E-state index in [1.54, 1.807) is 0 Å². The average molecular weight is 303 g/mol. The fourth-order valence-corrected chi connectivity index (χ4v) is 2.27. The van der Waals surface area contributed by atoms with Crippen LogP contribution in [0.3, 0.4) is 0 Å². The molecule has 0 aliphatic heterocycles. The Balaban J connectivity index is 2.90. The molecule has 0 saturated carbocycles. The topological polar surface area (TPSA) is 22.1 Å². The summed E-state index contributed by atoms with van der Waals surface area (Å²) in [4.78, 5) is 3.79. The second-order valence-electron chi connectivity index (χ2n) is 6.22. The van der Waals surface area contributed by atoms with Crippen LogP contribution in [-0.4, -0.2) is 13.3 Å². The normalized spacial score (nSPS) is 13.2. The monoisotopic (exact) mass is 303 g/mol. The minimum absolute atomic E-state index is 0.0121. The Hall–Kier alpha value is -1.30. The summed E-state index contributed by atoms with van der Waals surface area (Å²) >= 11 is 0. The molecule has 0 fully saturated rings. The number of hydrogen-bond acceptors (Lipinski definition) is 2. The molecule has 0 aliphatic rings. The number of nitrogens with zero attached hydrogens (tertiary/aromatic N) is 1. The van der Waals surface area contributed by atoms with E-state index < -0.39 is 20.1 Å². The first-order valence-electron chi connectivity index (χ1n) is 6.26. The molecule has 20 heavy (non-hydrogen) atoms. The second kappa shape index (κ2) is 5.24. The van der Waals surface area contributed by atoms with E-state index in [9.17, 15) is 13.2 Å². The smallest absolute Gasteiger partial charge is 0.417 e. The van der Waals surface area contributed by atoms with Gasteiger partial charge < -0.3 is 4.43 Å². The molecule has 2 nitrogen and oxygen atoms in total. The van der Waals surface area contributed by atoms with E-state index in [0.29, 0.717) is 11.5 Å². The van der Waals surface area contributed by atoms with Crippen LogP contribution in [0.1, 0.15) is 32.0 Å². The van der Waals surface area contributed by atoms with Gasteiger partial charge in [0.1, 0.15) is 11.5 Å². The van der Waals surface area contributed by atoms with Crippen LogP contribution in [0.25, 0.3) is 5.76 Å². The van der Waals surface area contributed by atoms with Crippen LogP contribution < -0.4 is 0 Å². The van der Waals surface area contributed by atoms with Gasteiger partial charge in [0.25, 0.3) is 8.32 Å². The number of rotatable bonds is 3. The van der Waals surface area contributed by atoms with Gasteiger partial charge in [-0.15, -0.1) is 0 Å². The molecule has 112 valence electrons. The zero-order valence-electron chi connectivity index (χ0n) is 12.4. The van der Waals surface area contributed by atoms with Crippen molar-refractivity contribution in [1.82, 2.24) is 4.98 Å². The third kappa shape index (κ3) is 3.85. The van der Waals surface area contributed by atoms with Crippen molar-refractivity contribution in [3.63, 3.8) is 0 Å². The van der Waals surface area contributed by atoms with Crippen molar-refractivity contribution >= 4 is 14.1 Å². The predicted octanol–water partition coefficient (Wildman–Crippen LogP) is 5.09. The lowest BCUT2D eigenvalue weighted by molar-refractivity contribution is -0.137. The highest BCUT2D eigenvalue weighted by atomic mass is 28.4. The van der Waals surface area contributed by atoms with Gasteiger partial charge in [-0.2, -0.15) is 13.2 Å². The van der Waals surface area contributed by atoms with Crippen LogP contribution >= 0.6 is 0 Å². The van der Waals surface area contributed by atoms with Gasteiger partial charge in [0.05, 0.1) is 5.56 Å². The highest BCUT2D eigenvalue weighted by Crippen LogP contribution is 2.39. The predicted molar refractivity (Wildman–Crippen MR) is 76.6 cm³/mol. The first-order chi connectivity index (χ1) is 8.84. The zero-order chi connectivity index (χ0) is 15.8. The molecule has 1 aromatic heterocycles. The third-order valence-corrected chi connectivity index (χ3v) is 7.93. The number of pyridine rings is 1. The fourth-order valence-electron chi connectivity index (χ4n) is 1.24. The van der Waals surface area contributed by atoms with Crippen molar-refractivity contribution in [2.45, 2.75) is 45.1 Å². The van der Waals surface area contributed by atoms with Crippen molar-refractivity contribution in [2.75, 3.05) is 0 Å². The maximum atomic E-state index is 12.5. The lowest BCUT2D eigenvalue weighted by Crippen LogP contribution is -2.40. The maximum absolute atomic E-state index is 12.5. The molecule has 6 heteroatoms. The molecule has 0 aromatic carbocycles. The molecule has 1 heterocycles. The maximum Gasteiger partial charge on any atom is 0.417 e. The highest BCUT2D eigenvalue weighted by Gasteiger charge is 2.39. The SMILES string of the molecule is C=C(O[Si](C)(C)C(C)(C)C)c1ccc(C(F)(F)F)cn1. The summed E-state index contributed by atoms with van der Waals surface area (Å²) in [7, 11) is -2.06. The molecule has 0 aliphatic carbocycles. The number of alkyl halides is 3. The molecular formula is C14H20F3NOSi. The van der Waals surface area contributed by atoms with Crippen LogP contribution in [0.4, 0.5) is 13.2 Å². The molecule has 0 amide bonds. The van der Waals surface area contributed by atoms with Crippen LogP contribution in [0, 0.1) is 0 Å². The lowest BCUT2D eigenvalue weighted by Gasteiger charge is -2.36. The number of aromatic nitrogens is 1. The molecule has 0 N–H and O–H groups in total. The molecule has 0 unspecified atom stereocenters. The van der Waals surface area contributed by atoms with E-state index in [1.165, 1.54) is 6.07 Å². The first kappa shape index (κ1) is 16.8. The van der Waals surface area contributed by atoms with E-state index >= 15 is 0 Å². The molecule has 0 spiro atoms. The summed E-state index contributed by atoms with van der Waals surface area (Å²) < 4.78 is 43.3. The second-order valence-corrected chi connectivity index (χ2v) is 10.9. The van der Waals surface area contributed by atoms with E-state index in [-0.39, 0.29) is 5.04 Å². The molecule has 0 atom stereocenters. The Morgan fingerprint density at radius 2 is 1.75 bits per heavy atom.